The molecule has 0 saturated carbocycles. The van der Waals surface area contributed by atoms with Gasteiger partial charge in [-0.1, -0.05) is 11.6 Å². The van der Waals surface area contributed by atoms with Crippen LogP contribution in [0.1, 0.15) is 0 Å². The normalized spacial score (nSPS) is 15.2. The first-order valence-corrected chi connectivity index (χ1v) is 11.1. The smallest absolute Gasteiger partial charge is 0.406 e. The molecule has 13 heteroatoms. The van der Waals surface area contributed by atoms with Crippen LogP contribution in [0.4, 0.5) is 24.5 Å². The van der Waals surface area contributed by atoms with Gasteiger partial charge in [0.1, 0.15) is 10.6 Å². The van der Waals surface area contributed by atoms with Crippen LogP contribution < -0.4 is 15.4 Å². The summed E-state index contributed by atoms with van der Waals surface area (Å²) in [5.74, 6) is -0.889. The van der Waals surface area contributed by atoms with Crippen molar-refractivity contribution >= 4 is 38.9 Å². The summed E-state index contributed by atoms with van der Waals surface area (Å²) in [6.07, 6.45) is -4.79. The molecule has 32 heavy (non-hydrogen) atoms. The average molecular weight is 494 g/mol. The number of hydrogen-bond donors (Lipinski definition) is 2. The minimum atomic E-state index is -4.79. The fraction of sp³-hybridized carbons (Fsp3) is 0.316. The molecule has 1 amide bonds. The predicted octanol–water partition coefficient (Wildman–Crippen LogP) is 3.31. The van der Waals surface area contributed by atoms with E-state index in [2.05, 4.69) is 15.4 Å². The number of sulfonamides is 1. The van der Waals surface area contributed by atoms with Crippen molar-refractivity contribution in [2.45, 2.75) is 11.3 Å². The van der Waals surface area contributed by atoms with E-state index in [1.807, 2.05) is 0 Å². The van der Waals surface area contributed by atoms with Crippen LogP contribution in [0.15, 0.2) is 47.4 Å². The fourth-order valence-corrected chi connectivity index (χ4v) is 4.78. The number of carbonyl (C=O) groups is 1. The van der Waals surface area contributed by atoms with E-state index in [9.17, 15) is 26.4 Å². The van der Waals surface area contributed by atoms with E-state index in [1.54, 1.807) is 0 Å². The van der Waals surface area contributed by atoms with Crippen LogP contribution in [0, 0.1) is 0 Å². The molecule has 1 aliphatic rings. The average Bonchev–Trinajstić information content (AvgIpc) is 2.74. The first-order chi connectivity index (χ1) is 15.0. The minimum Gasteiger partial charge on any atom is -0.406 e. The molecule has 1 aliphatic heterocycles. The van der Waals surface area contributed by atoms with Crippen molar-refractivity contribution in [2.24, 2.45) is 0 Å². The first kappa shape index (κ1) is 24.1. The molecule has 8 nitrogen and oxygen atoms in total. The van der Waals surface area contributed by atoms with E-state index in [-0.39, 0.29) is 54.2 Å². The van der Waals surface area contributed by atoms with E-state index < -0.39 is 22.3 Å². The second-order valence-electron chi connectivity index (χ2n) is 6.64. The number of halogens is 4. The van der Waals surface area contributed by atoms with Crippen molar-refractivity contribution in [3.63, 3.8) is 0 Å². The van der Waals surface area contributed by atoms with Gasteiger partial charge in [0.2, 0.25) is 15.9 Å². The van der Waals surface area contributed by atoms with Gasteiger partial charge >= 0.3 is 6.36 Å². The third-order valence-corrected chi connectivity index (χ3v) is 6.72. The van der Waals surface area contributed by atoms with Gasteiger partial charge in [-0.3, -0.25) is 4.79 Å². The van der Waals surface area contributed by atoms with Crippen LogP contribution in [0.25, 0.3) is 0 Å². The van der Waals surface area contributed by atoms with Gasteiger partial charge < -0.3 is 20.1 Å². The molecule has 0 bridgehead atoms. The zero-order valence-electron chi connectivity index (χ0n) is 16.5. The summed E-state index contributed by atoms with van der Waals surface area (Å²) in [4.78, 5) is 12.1. The van der Waals surface area contributed by atoms with Crippen LogP contribution in [-0.2, 0) is 19.6 Å². The second-order valence-corrected chi connectivity index (χ2v) is 8.95. The lowest BCUT2D eigenvalue weighted by atomic mass is 10.3. The lowest BCUT2D eigenvalue weighted by Crippen LogP contribution is -2.40. The number of nitrogens with one attached hydrogen (secondary N) is 2. The van der Waals surface area contributed by atoms with Crippen LogP contribution in [0.5, 0.6) is 5.75 Å². The Morgan fingerprint density at radius 1 is 1.09 bits per heavy atom. The van der Waals surface area contributed by atoms with E-state index >= 15 is 0 Å². The van der Waals surface area contributed by atoms with Crippen LogP contribution in [0.3, 0.4) is 0 Å². The van der Waals surface area contributed by atoms with E-state index in [1.165, 1.54) is 34.6 Å². The molecule has 3 rings (SSSR count). The van der Waals surface area contributed by atoms with E-state index in [0.29, 0.717) is 5.69 Å². The Labute approximate surface area is 187 Å². The zero-order chi connectivity index (χ0) is 23.4. The number of rotatable bonds is 7. The molecule has 1 heterocycles. The highest BCUT2D eigenvalue weighted by molar-refractivity contribution is 7.89. The summed E-state index contributed by atoms with van der Waals surface area (Å²) in [5.41, 5.74) is 0.614. The number of anilines is 2. The quantitative estimate of drug-likeness (QED) is 0.614. The van der Waals surface area contributed by atoms with Gasteiger partial charge in [-0.2, -0.15) is 4.31 Å². The van der Waals surface area contributed by atoms with Gasteiger partial charge in [0.15, 0.2) is 0 Å². The third-order valence-electron chi connectivity index (χ3n) is 4.34. The Balaban J connectivity index is 1.61. The Bertz CT molecular complexity index is 1060. The molecule has 0 atom stereocenters. The van der Waals surface area contributed by atoms with Gasteiger partial charge in [-0.25, -0.2) is 8.42 Å². The molecular formula is C19H19ClF3N3O5S. The Morgan fingerprint density at radius 2 is 1.72 bits per heavy atom. The lowest BCUT2D eigenvalue weighted by Gasteiger charge is -2.26. The van der Waals surface area contributed by atoms with Crippen molar-refractivity contribution in [1.82, 2.24) is 4.31 Å². The standard InChI is InChI=1S/C19H19ClF3N3O5S/c20-16-6-3-14(11-17(16)32(28,29)26-7-9-30-10-8-26)25-18(27)12-24-13-1-4-15(5-2-13)31-19(21,22)23/h1-6,11,24H,7-10,12H2,(H,25,27). The SMILES string of the molecule is O=C(CNc1ccc(OC(F)(F)F)cc1)Nc1ccc(Cl)c(S(=O)(=O)N2CCOCC2)c1. The highest BCUT2D eigenvalue weighted by Gasteiger charge is 2.31. The van der Waals surface area contributed by atoms with Crippen LogP contribution >= 0.6 is 11.6 Å². The minimum absolute atomic E-state index is 0.0220. The van der Waals surface area contributed by atoms with Gasteiger partial charge in [-0.15, -0.1) is 13.2 Å². The monoisotopic (exact) mass is 493 g/mol. The summed E-state index contributed by atoms with van der Waals surface area (Å²) >= 11 is 6.09. The molecule has 2 aromatic carbocycles. The highest BCUT2D eigenvalue weighted by Crippen LogP contribution is 2.28. The van der Waals surface area contributed by atoms with Crippen molar-refractivity contribution in [1.29, 1.82) is 0 Å². The third kappa shape index (κ3) is 6.48. The molecule has 1 saturated heterocycles. The molecule has 0 aromatic heterocycles. The Morgan fingerprint density at radius 3 is 2.34 bits per heavy atom. The molecule has 0 unspecified atom stereocenters. The van der Waals surface area contributed by atoms with Gasteiger partial charge in [-0.05, 0) is 42.5 Å². The maximum Gasteiger partial charge on any atom is 0.573 e. The number of benzene rings is 2. The predicted molar refractivity (Wildman–Crippen MR) is 111 cm³/mol. The van der Waals surface area contributed by atoms with E-state index in [0.717, 1.165) is 12.1 Å². The molecule has 174 valence electrons. The zero-order valence-corrected chi connectivity index (χ0v) is 18.1. The molecule has 0 spiro atoms. The summed E-state index contributed by atoms with van der Waals surface area (Å²) in [7, 11) is -3.86. The van der Waals surface area contributed by atoms with Gasteiger partial charge in [0.25, 0.3) is 0 Å². The van der Waals surface area contributed by atoms with Crippen molar-refractivity contribution < 1.29 is 35.9 Å². The number of hydrogen-bond acceptors (Lipinski definition) is 6. The van der Waals surface area contributed by atoms with Crippen LogP contribution in [-0.4, -0.2) is 57.8 Å². The van der Waals surface area contributed by atoms with Crippen molar-refractivity contribution in [3.8, 4) is 5.75 Å². The van der Waals surface area contributed by atoms with Crippen molar-refractivity contribution in [2.75, 3.05) is 43.5 Å². The number of morpholine rings is 1. The number of carbonyl (C=O) groups excluding carboxylic acids is 1. The Hall–Kier alpha value is -2.54. The lowest BCUT2D eigenvalue weighted by molar-refractivity contribution is -0.274. The Kier molecular flexibility index (Phi) is 7.49. The fourth-order valence-electron chi connectivity index (χ4n) is 2.87. The van der Waals surface area contributed by atoms with Crippen LogP contribution in [0.2, 0.25) is 5.02 Å². The highest BCUT2D eigenvalue weighted by atomic mass is 35.5. The molecule has 1 fully saturated rings. The summed E-state index contributed by atoms with van der Waals surface area (Å²) in [5, 5.41) is 5.33. The first-order valence-electron chi connectivity index (χ1n) is 9.31. The van der Waals surface area contributed by atoms with Gasteiger partial charge in [0.05, 0.1) is 24.8 Å². The topological polar surface area (TPSA) is 97.0 Å². The molecule has 0 aliphatic carbocycles. The molecule has 0 radical (unpaired) electrons. The van der Waals surface area contributed by atoms with E-state index in [4.69, 9.17) is 16.3 Å². The maximum atomic E-state index is 12.9. The summed E-state index contributed by atoms with van der Waals surface area (Å²) < 4.78 is 72.5. The number of alkyl halides is 3. The number of amides is 1. The number of ether oxygens (including phenoxy) is 2. The largest absolute Gasteiger partial charge is 0.573 e. The molecular weight excluding hydrogens is 475 g/mol. The summed E-state index contributed by atoms with van der Waals surface area (Å²) in [6.45, 7) is 0.746. The molecule has 2 aromatic rings. The second kappa shape index (κ2) is 9.94. The summed E-state index contributed by atoms with van der Waals surface area (Å²) in [6, 6.07) is 8.96. The number of nitrogens with zero attached hydrogens (tertiary/aromatic N) is 1. The molecule has 2 N–H and O–H groups in total. The van der Waals surface area contributed by atoms with Gasteiger partial charge in [0, 0.05) is 24.5 Å². The maximum absolute atomic E-state index is 12.9. The van der Waals surface area contributed by atoms with Crippen molar-refractivity contribution in [3.05, 3.63) is 47.5 Å².